The Morgan fingerprint density at radius 1 is 1.40 bits per heavy atom. The number of rotatable bonds is 4. The molecule has 0 aromatic rings. The Morgan fingerprint density at radius 3 is 2.80 bits per heavy atom. The fourth-order valence-electron chi connectivity index (χ4n) is 1.11. The molecule has 0 aliphatic carbocycles. The van der Waals surface area contributed by atoms with Crippen molar-refractivity contribution in [3.63, 3.8) is 0 Å². The highest BCUT2D eigenvalue weighted by Gasteiger charge is 2.34. The molecule has 0 radical (unpaired) electrons. The van der Waals surface area contributed by atoms with E-state index < -0.39 is 0 Å². The van der Waals surface area contributed by atoms with Crippen LogP contribution < -0.4 is 0 Å². The van der Waals surface area contributed by atoms with Gasteiger partial charge >= 0.3 is 0 Å². The summed E-state index contributed by atoms with van der Waals surface area (Å²) in [5.41, 5.74) is 0. The van der Waals surface area contributed by atoms with Crippen molar-refractivity contribution in [2.24, 2.45) is 0 Å². The van der Waals surface area contributed by atoms with Crippen LogP contribution in [0, 0.1) is 0 Å². The zero-order chi connectivity index (χ0) is 7.40. The van der Waals surface area contributed by atoms with E-state index in [9.17, 15) is 0 Å². The molecule has 0 spiro atoms. The van der Waals surface area contributed by atoms with Gasteiger partial charge in [-0.15, -0.1) is 0 Å². The Bertz CT molecular complexity index is 118. The third kappa shape index (κ3) is 2.14. The summed E-state index contributed by atoms with van der Waals surface area (Å²) in [6.07, 6.45) is 8.95. The smallest absolute Gasteiger partial charge is 0.102 e. The Labute approximate surface area is 63.1 Å². The zero-order valence-electron chi connectivity index (χ0n) is 6.84. The van der Waals surface area contributed by atoms with Crippen molar-refractivity contribution >= 4 is 0 Å². The van der Waals surface area contributed by atoms with Gasteiger partial charge in [-0.2, -0.15) is 0 Å². The lowest BCUT2D eigenvalue weighted by Gasteiger charge is -1.83. The van der Waals surface area contributed by atoms with Gasteiger partial charge in [0.15, 0.2) is 0 Å². The molecule has 1 aliphatic rings. The average molecular weight is 140 g/mol. The van der Waals surface area contributed by atoms with E-state index >= 15 is 0 Å². The Morgan fingerprint density at radius 2 is 2.20 bits per heavy atom. The molecule has 1 nitrogen and oxygen atoms in total. The van der Waals surface area contributed by atoms with Gasteiger partial charge in [0.05, 0.1) is 6.10 Å². The third-order valence-corrected chi connectivity index (χ3v) is 1.76. The van der Waals surface area contributed by atoms with Gasteiger partial charge in [0.25, 0.3) is 0 Å². The summed E-state index contributed by atoms with van der Waals surface area (Å²) in [7, 11) is 0. The van der Waals surface area contributed by atoms with Crippen LogP contribution in [0.4, 0.5) is 0 Å². The molecule has 2 unspecified atom stereocenters. The second-order valence-corrected chi connectivity index (χ2v) is 2.76. The predicted molar refractivity (Wildman–Crippen MR) is 43.0 cm³/mol. The van der Waals surface area contributed by atoms with E-state index in [4.69, 9.17) is 4.74 Å². The molecule has 1 fully saturated rings. The van der Waals surface area contributed by atoms with Crippen molar-refractivity contribution in [2.45, 2.75) is 45.3 Å². The van der Waals surface area contributed by atoms with Gasteiger partial charge in [-0.25, -0.2) is 0 Å². The number of epoxide rings is 1. The highest BCUT2D eigenvalue weighted by molar-refractivity contribution is 5.01. The predicted octanol–water partition coefficient (Wildman–Crippen LogP) is 2.52. The fourth-order valence-corrected chi connectivity index (χ4v) is 1.11. The Kier molecular flexibility index (Phi) is 2.94. The van der Waals surface area contributed by atoms with Gasteiger partial charge in [0.2, 0.25) is 0 Å². The molecule has 0 aromatic carbocycles. The minimum Gasteiger partial charge on any atom is -0.365 e. The van der Waals surface area contributed by atoms with Crippen LogP contribution in [0.3, 0.4) is 0 Å². The van der Waals surface area contributed by atoms with Crippen molar-refractivity contribution in [3.8, 4) is 0 Å². The fraction of sp³-hybridized carbons (Fsp3) is 0.778. The first-order valence-electron chi connectivity index (χ1n) is 4.20. The summed E-state index contributed by atoms with van der Waals surface area (Å²) in [5, 5.41) is 0. The lowest BCUT2D eigenvalue weighted by atomic mass is 10.2. The summed E-state index contributed by atoms with van der Waals surface area (Å²) < 4.78 is 5.37. The Hall–Kier alpha value is -0.300. The minimum absolute atomic E-state index is 0.458. The number of ether oxygens (including phenoxy) is 1. The molecular weight excluding hydrogens is 124 g/mol. The van der Waals surface area contributed by atoms with Crippen LogP contribution in [0.25, 0.3) is 0 Å². The van der Waals surface area contributed by atoms with Gasteiger partial charge in [-0.3, -0.25) is 0 Å². The van der Waals surface area contributed by atoms with E-state index in [0.29, 0.717) is 12.2 Å². The van der Waals surface area contributed by atoms with E-state index in [1.807, 2.05) is 0 Å². The van der Waals surface area contributed by atoms with E-state index in [-0.39, 0.29) is 0 Å². The average Bonchev–Trinajstić information content (AvgIpc) is 2.65. The van der Waals surface area contributed by atoms with Crippen molar-refractivity contribution in [3.05, 3.63) is 12.2 Å². The first kappa shape index (κ1) is 7.80. The van der Waals surface area contributed by atoms with E-state index in [1.54, 1.807) is 0 Å². The molecule has 0 N–H and O–H groups in total. The standard InChI is InChI=1S/C9H16O/c1-3-5-7-9-8(10-9)6-4-2/h5,7-9H,3-4,6H2,1-2H3/b7-5-. The quantitative estimate of drug-likeness (QED) is 0.432. The molecule has 0 amide bonds. The van der Waals surface area contributed by atoms with Crippen LogP contribution >= 0.6 is 0 Å². The molecule has 1 rings (SSSR count). The molecule has 2 atom stereocenters. The zero-order valence-corrected chi connectivity index (χ0v) is 6.84. The summed E-state index contributed by atoms with van der Waals surface area (Å²) in [4.78, 5) is 0. The lowest BCUT2D eigenvalue weighted by Crippen LogP contribution is -1.88. The number of allylic oxidation sites excluding steroid dienone is 1. The normalized spacial score (nSPS) is 31.4. The topological polar surface area (TPSA) is 12.5 Å². The molecule has 0 bridgehead atoms. The maximum absolute atomic E-state index is 5.37. The molecule has 1 heterocycles. The maximum atomic E-state index is 5.37. The van der Waals surface area contributed by atoms with Gasteiger partial charge in [-0.05, 0) is 12.8 Å². The molecule has 1 heteroatoms. The molecule has 0 aromatic heterocycles. The summed E-state index contributed by atoms with van der Waals surface area (Å²) in [6.45, 7) is 4.34. The van der Waals surface area contributed by atoms with Crippen LogP contribution in [0.1, 0.15) is 33.1 Å². The first-order valence-corrected chi connectivity index (χ1v) is 4.20. The van der Waals surface area contributed by atoms with Crippen molar-refractivity contribution < 1.29 is 4.74 Å². The molecule has 58 valence electrons. The second kappa shape index (κ2) is 3.77. The SMILES string of the molecule is CC/C=C\C1OC1CCC. The van der Waals surface area contributed by atoms with Gasteiger partial charge in [0, 0.05) is 0 Å². The first-order chi connectivity index (χ1) is 4.88. The lowest BCUT2D eigenvalue weighted by molar-refractivity contribution is 0.378. The molecule has 0 saturated carbocycles. The molecule has 1 saturated heterocycles. The van der Waals surface area contributed by atoms with Crippen molar-refractivity contribution in [1.29, 1.82) is 0 Å². The van der Waals surface area contributed by atoms with E-state index in [0.717, 1.165) is 6.42 Å². The Balaban J connectivity index is 2.07. The summed E-state index contributed by atoms with van der Waals surface area (Å²) in [6, 6.07) is 0. The summed E-state index contributed by atoms with van der Waals surface area (Å²) >= 11 is 0. The maximum Gasteiger partial charge on any atom is 0.102 e. The highest BCUT2D eigenvalue weighted by Crippen LogP contribution is 2.27. The van der Waals surface area contributed by atoms with Crippen molar-refractivity contribution in [2.75, 3.05) is 0 Å². The van der Waals surface area contributed by atoms with Crippen LogP contribution in [0.2, 0.25) is 0 Å². The molecule has 10 heavy (non-hydrogen) atoms. The minimum atomic E-state index is 0.458. The van der Waals surface area contributed by atoms with E-state index in [1.165, 1.54) is 12.8 Å². The number of hydrogen-bond acceptors (Lipinski definition) is 1. The van der Waals surface area contributed by atoms with E-state index in [2.05, 4.69) is 26.0 Å². The van der Waals surface area contributed by atoms with Crippen LogP contribution in [0.5, 0.6) is 0 Å². The van der Waals surface area contributed by atoms with Crippen LogP contribution in [-0.2, 0) is 4.74 Å². The monoisotopic (exact) mass is 140 g/mol. The van der Waals surface area contributed by atoms with Crippen LogP contribution in [-0.4, -0.2) is 12.2 Å². The molecule has 1 aliphatic heterocycles. The summed E-state index contributed by atoms with van der Waals surface area (Å²) in [5.74, 6) is 0. The van der Waals surface area contributed by atoms with Crippen molar-refractivity contribution in [1.82, 2.24) is 0 Å². The molecular formula is C9H16O. The highest BCUT2D eigenvalue weighted by atomic mass is 16.6. The third-order valence-electron chi connectivity index (χ3n) is 1.76. The van der Waals surface area contributed by atoms with Gasteiger partial charge in [-0.1, -0.05) is 32.4 Å². The van der Waals surface area contributed by atoms with Crippen LogP contribution in [0.15, 0.2) is 12.2 Å². The largest absolute Gasteiger partial charge is 0.365 e. The number of hydrogen-bond donors (Lipinski definition) is 0. The van der Waals surface area contributed by atoms with Gasteiger partial charge in [0.1, 0.15) is 6.10 Å². The second-order valence-electron chi connectivity index (χ2n) is 2.76. The van der Waals surface area contributed by atoms with Gasteiger partial charge < -0.3 is 4.74 Å².